The van der Waals surface area contributed by atoms with E-state index < -0.39 is 4.92 Å². The maximum absolute atomic E-state index is 11.9. The topological polar surface area (TPSA) is 93.9 Å². The van der Waals surface area contributed by atoms with Crippen LogP contribution in [-0.4, -0.2) is 20.3 Å². The summed E-state index contributed by atoms with van der Waals surface area (Å²) in [6.45, 7) is 2.13. The number of benzene rings is 3. The summed E-state index contributed by atoms with van der Waals surface area (Å²) in [6.07, 6.45) is 0. The summed E-state index contributed by atoms with van der Waals surface area (Å²) in [4.78, 5) is 11.5. The molecule has 0 aliphatic heterocycles. The Labute approximate surface area is 154 Å². The van der Waals surface area contributed by atoms with Crippen molar-refractivity contribution in [2.24, 2.45) is 0 Å². The maximum Gasteiger partial charge on any atom is 0.318 e. The summed E-state index contributed by atoms with van der Waals surface area (Å²) >= 11 is 0. The highest BCUT2D eigenvalue weighted by Crippen LogP contribution is 2.41. The molecule has 4 rings (SSSR count). The van der Waals surface area contributed by atoms with E-state index in [4.69, 9.17) is 4.74 Å². The molecule has 0 radical (unpaired) electrons. The maximum atomic E-state index is 11.9. The molecule has 1 N–H and O–H groups in total. The number of aromatic nitrogens is 3. The van der Waals surface area contributed by atoms with Gasteiger partial charge in [0.05, 0.1) is 10.5 Å². The van der Waals surface area contributed by atoms with Crippen LogP contribution in [0.4, 0.5) is 5.69 Å². The lowest BCUT2D eigenvalue weighted by Gasteiger charge is -2.12. The molecule has 1 aromatic heterocycles. The third-order valence-electron chi connectivity index (χ3n) is 4.28. The van der Waals surface area contributed by atoms with Crippen LogP contribution >= 0.6 is 0 Å². The lowest BCUT2D eigenvalue weighted by Crippen LogP contribution is -2.01. The number of nitro groups is 1. The van der Waals surface area contributed by atoms with Gasteiger partial charge < -0.3 is 4.74 Å². The van der Waals surface area contributed by atoms with Crippen LogP contribution in [0, 0.1) is 17.0 Å². The van der Waals surface area contributed by atoms with E-state index in [1.54, 1.807) is 30.3 Å². The number of nitrogens with one attached hydrogen (secondary N) is 1. The van der Waals surface area contributed by atoms with Gasteiger partial charge in [-0.05, 0) is 36.2 Å². The normalized spacial score (nSPS) is 10.9. The highest BCUT2D eigenvalue weighted by Gasteiger charge is 2.25. The fourth-order valence-corrected chi connectivity index (χ4v) is 3.07. The Morgan fingerprint density at radius 2 is 1.85 bits per heavy atom. The zero-order valence-corrected chi connectivity index (χ0v) is 14.5. The second-order valence-corrected chi connectivity index (χ2v) is 6.19. The first-order valence-electron chi connectivity index (χ1n) is 8.39. The predicted octanol–water partition coefficient (Wildman–Crippen LogP) is 4.42. The quantitative estimate of drug-likeness (QED) is 0.420. The molecule has 3 aromatic carbocycles. The second kappa shape index (κ2) is 6.87. The Morgan fingerprint density at radius 3 is 2.63 bits per heavy atom. The zero-order chi connectivity index (χ0) is 18.8. The van der Waals surface area contributed by atoms with Gasteiger partial charge in [-0.2, -0.15) is 15.4 Å². The van der Waals surface area contributed by atoms with Crippen LogP contribution in [0.3, 0.4) is 0 Å². The minimum absolute atomic E-state index is 0.0768. The number of rotatable bonds is 5. The summed E-state index contributed by atoms with van der Waals surface area (Å²) in [5, 5.41) is 22.7. The first-order valence-corrected chi connectivity index (χ1v) is 8.39. The van der Waals surface area contributed by atoms with Crippen molar-refractivity contribution in [3.8, 4) is 16.9 Å². The van der Waals surface area contributed by atoms with Crippen LogP contribution in [0.15, 0.2) is 60.7 Å². The first-order chi connectivity index (χ1) is 13.1. The molecule has 0 unspecified atom stereocenters. The van der Waals surface area contributed by atoms with Gasteiger partial charge in [-0.3, -0.25) is 10.1 Å². The van der Waals surface area contributed by atoms with Crippen molar-refractivity contribution in [3.05, 3.63) is 81.9 Å². The van der Waals surface area contributed by atoms with Gasteiger partial charge in [0.25, 0.3) is 0 Å². The van der Waals surface area contributed by atoms with Gasteiger partial charge in [-0.15, -0.1) is 0 Å². The number of nitrogens with zero attached hydrogens (tertiary/aromatic N) is 3. The number of nitro benzene ring substituents is 1. The van der Waals surface area contributed by atoms with Gasteiger partial charge in [-0.1, -0.05) is 42.5 Å². The number of para-hydroxylation sites is 1. The summed E-state index contributed by atoms with van der Waals surface area (Å²) in [6, 6.07) is 18.4. The molecule has 0 bridgehead atoms. The number of aryl methyl sites for hydroxylation is 1. The molecule has 0 spiro atoms. The van der Waals surface area contributed by atoms with Crippen LogP contribution in [0.1, 0.15) is 11.1 Å². The monoisotopic (exact) mass is 360 g/mol. The van der Waals surface area contributed by atoms with Gasteiger partial charge in [0.15, 0.2) is 5.75 Å². The fourth-order valence-electron chi connectivity index (χ4n) is 3.07. The highest BCUT2D eigenvalue weighted by molar-refractivity contribution is 5.95. The molecule has 134 valence electrons. The predicted molar refractivity (Wildman–Crippen MR) is 101 cm³/mol. The molecule has 0 amide bonds. The molecule has 0 saturated heterocycles. The lowest BCUT2D eigenvalue weighted by atomic mass is 9.99. The molecule has 1 heterocycles. The molecular weight excluding hydrogens is 344 g/mol. The van der Waals surface area contributed by atoms with Crippen LogP contribution in [0.5, 0.6) is 5.75 Å². The Kier molecular flexibility index (Phi) is 4.25. The van der Waals surface area contributed by atoms with E-state index in [-0.39, 0.29) is 18.0 Å². The minimum atomic E-state index is -0.409. The molecule has 4 aromatic rings. The van der Waals surface area contributed by atoms with Crippen molar-refractivity contribution in [2.75, 3.05) is 0 Å². The van der Waals surface area contributed by atoms with Gasteiger partial charge in [0, 0.05) is 5.56 Å². The van der Waals surface area contributed by atoms with E-state index in [9.17, 15) is 10.1 Å². The van der Waals surface area contributed by atoms with Crippen LogP contribution in [-0.2, 0) is 6.61 Å². The molecule has 7 heteroatoms. The van der Waals surface area contributed by atoms with Crippen molar-refractivity contribution < 1.29 is 9.66 Å². The summed E-state index contributed by atoms with van der Waals surface area (Å²) in [5.74, 6) is 0.236. The Hall–Kier alpha value is -3.74. The second-order valence-electron chi connectivity index (χ2n) is 6.19. The van der Waals surface area contributed by atoms with E-state index in [2.05, 4.69) is 15.4 Å². The van der Waals surface area contributed by atoms with E-state index in [1.165, 1.54) is 0 Å². The van der Waals surface area contributed by atoms with Crippen molar-refractivity contribution in [2.45, 2.75) is 13.5 Å². The van der Waals surface area contributed by atoms with Crippen LogP contribution in [0.25, 0.3) is 22.2 Å². The van der Waals surface area contributed by atoms with Gasteiger partial charge >= 0.3 is 5.69 Å². The van der Waals surface area contributed by atoms with Crippen molar-refractivity contribution in [3.63, 3.8) is 0 Å². The molecule has 27 heavy (non-hydrogen) atoms. The molecule has 7 nitrogen and oxygen atoms in total. The Bertz CT molecular complexity index is 1120. The van der Waals surface area contributed by atoms with Gasteiger partial charge in [-0.25, -0.2) is 0 Å². The summed E-state index contributed by atoms with van der Waals surface area (Å²) in [5.41, 5.74) is 4.05. The smallest absolute Gasteiger partial charge is 0.318 e. The van der Waals surface area contributed by atoms with Gasteiger partial charge in [0.2, 0.25) is 0 Å². The largest absolute Gasteiger partial charge is 0.482 e. The Balaban J connectivity index is 1.83. The lowest BCUT2D eigenvalue weighted by molar-refractivity contribution is -0.385. The van der Waals surface area contributed by atoms with Crippen LogP contribution < -0.4 is 4.74 Å². The molecule has 0 aliphatic rings. The highest BCUT2D eigenvalue weighted by atomic mass is 16.6. The fraction of sp³-hybridized carbons (Fsp3) is 0.100. The molecular formula is C20H16N4O3. The molecule has 0 fully saturated rings. The van der Waals surface area contributed by atoms with E-state index in [0.29, 0.717) is 22.2 Å². The standard InChI is InChI=1S/C20H16N4O3/c1-13-10-16(15-8-5-9-17-19(15)22-23-21-17)20(24(25)26)18(11-13)27-12-14-6-3-2-4-7-14/h2-11H,12H2,1H3,(H,21,22,23). The summed E-state index contributed by atoms with van der Waals surface area (Å²) < 4.78 is 5.84. The average Bonchev–Trinajstić information content (AvgIpc) is 3.15. The third-order valence-corrected chi connectivity index (χ3v) is 4.28. The van der Waals surface area contributed by atoms with Crippen molar-refractivity contribution in [1.29, 1.82) is 0 Å². The van der Waals surface area contributed by atoms with Crippen molar-refractivity contribution in [1.82, 2.24) is 15.4 Å². The number of hydrogen-bond donors (Lipinski definition) is 1. The van der Waals surface area contributed by atoms with E-state index in [1.807, 2.05) is 37.3 Å². The number of hydrogen-bond acceptors (Lipinski definition) is 5. The van der Waals surface area contributed by atoms with E-state index >= 15 is 0 Å². The van der Waals surface area contributed by atoms with E-state index in [0.717, 1.165) is 11.1 Å². The minimum Gasteiger partial charge on any atom is -0.482 e. The van der Waals surface area contributed by atoms with Gasteiger partial charge in [0.1, 0.15) is 17.6 Å². The number of ether oxygens (including phenoxy) is 1. The van der Waals surface area contributed by atoms with Crippen LogP contribution in [0.2, 0.25) is 0 Å². The number of H-pyrrole nitrogens is 1. The third kappa shape index (κ3) is 3.22. The molecule has 0 saturated carbocycles. The molecule has 0 atom stereocenters. The zero-order valence-electron chi connectivity index (χ0n) is 14.5. The summed E-state index contributed by atoms with van der Waals surface area (Å²) in [7, 11) is 0. The Morgan fingerprint density at radius 1 is 1.04 bits per heavy atom. The molecule has 0 aliphatic carbocycles. The number of aromatic amines is 1. The number of fused-ring (bicyclic) bond motifs is 1. The SMILES string of the molecule is Cc1cc(OCc2ccccc2)c([N+](=O)[O-])c(-c2cccc3n[nH]nc23)c1. The first kappa shape index (κ1) is 16.7. The van der Waals surface area contributed by atoms with Crippen molar-refractivity contribution >= 4 is 16.7 Å². The average molecular weight is 360 g/mol.